The molecule has 6 heteroatoms. The van der Waals surface area contributed by atoms with E-state index in [-0.39, 0.29) is 18.3 Å². The minimum atomic E-state index is 0. The third kappa shape index (κ3) is 5.65. The molecule has 1 atom stereocenters. The molecule has 1 fully saturated rings. The van der Waals surface area contributed by atoms with E-state index in [1.54, 1.807) is 6.20 Å². The van der Waals surface area contributed by atoms with Gasteiger partial charge in [0.2, 0.25) is 5.91 Å². The van der Waals surface area contributed by atoms with E-state index in [2.05, 4.69) is 27.9 Å². The molecule has 0 radical (unpaired) electrons. The van der Waals surface area contributed by atoms with Gasteiger partial charge in [0.1, 0.15) is 0 Å². The predicted octanol–water partition coefficient (Wildman–Crippen LogP) is 2.36. The molecular weight excluding hydrogens is 324 g/mol. The van der Waals surface area contributed by atoms with Crippen LogP contribution in [0.1, 0.15) is 30.4 Å². The van der Waals surface area contributed by atoms with Crippen molar-refractivity contribution >= 4 is 18.3 Å². The molecule has 2 aromatic rings. The van der Waals surface area contributed by atoms with Crippen molar-refractivity contribution in [2.75, 3.05) is 13.1 Å². The van der Waals surface area contributed by atoms with Gasteiger partial charge in [0.25, 0.3) is 0 Å². The summed E-state index contributed by atoms with van der Waals surface area (Å²) >= 11 is 0. The lowest BCUT2D eigenvalue weighted by Gasteiger charge is -2.10. The molecule has 1 amide bonds. The smallest absolute Gasteiger partial charge is 0.220 e. The van der Waals surface area contributed by atoms with Crippen LogP contribution in [0.4, 0.5) is 0 Å². The first-order valence-electron chi connectivity index (χ1n) is 8.32. The van der Waals surface area contributed by atoms with Crippen molar-refractivity contribution in [3.63, 3.8) is 0 Å². The molecule has 130 valence electrons. The lowest BCUT2D eigenvalue weighted by molar-refractivity contribution is -0.121. The summed E-state index contributed by atoms with van der Waals surface area (Å²) in [4.78, 5) is 12.0. The van der Waals surface area contributed by atoms with E-state index in [1.807, 2.05) is 29.1 Å². The number of nitrogens with zero attached hydrogens (tertiary/aromatic N) is 2. The Morgan fingerprint density at radius 1 is 1.33 bits per heavy atom. The second-order valence-corrected chi connectivity index (χ2v) is 6.20. The molecule has 1 aromatic carbocycles. The van der Waals surface area contributed by atoms with Crippen LogP contribution in [0.2, 0.25) is 0 Å². The van der Waals surface area contributed by atoms with Gasteiger partial charge >= 0.3 is 0 Å². The summed E-state index contributed by atoms with van der Waals surface area (Å²) in [5.74, 6) is 0.813. The van der Waals surface area contributed by atoms with Crippen LogP contribution in [0.3, 0.4) is 0 Å². The lowest BCUT2D eigenvalue weighted by atomic mass is 10.0. The van der Waals surface area contributed by atoms with Crippen LogP contribution in [0.25, 0.3) is 0 Å². The molecule has 5 nitrogen and oxygen atoms in total. The van der Waals surface area contributed by atoms with Gasteiger partial charge in [0, 0.05) is 25.4 Å². The third-order valence-electron chi connectivity index (χ3n) is 4.33. The highest BCUT2D eigenvalue weighted by Crippen LogP contribution is 2.14. The van der Waals surface area contributed by atoms with Gasteiger partial charge in [-0.1, -0.05) is 24.3 Å². The van der Waals surface area contributed by atoms with E-state index in [0.29, 0.717) is 18.9 Å². The van der Waals surface area contributed by atoms with Crippen LogP contribution in [0.15, 0.2) is 42.7 Å². The topological polar surface area (TPSA) is 59.0 Å². The normalized spacial score (nSPS) is 16.6. The molecule has 24 heavy (non-hydrogen) atoms. The second-order valence-electron chi connectivity index (χ2n) is 6.20. The molecule has 1 aromatic heterocycles. The maximum absolute atomic E-state index is 12.0. The molecule has 1 aliphatic rings. The van der Waals surface area contributed by atoms with Gasteiger partial charge < -0.3 is 10.6 Å². The molecule has 0 spiro atoms. The zero-order chi connectivity index (χ0) is 15.9. The highest BCUT2D eigenvalue weighted by molar-refractivity contribution is 5.85. The van der Waals surface area contributed by atoms with E-state index in [1.165, 1.54) is 12.0 Å². The van der Waals surface area contributed by atoms with Crippen molar-refractivity contribution in [1.82, 2.24) is 20.4 Å². The Morgan fingerprint density at radius 3 is 2.96 bits per heavy atom. The van der Waals surface area contributed by atoms with Crippen molar-refractivity contribution in [3.8, 4) is 0 Å². The Balaban J connectivity index is 0.00000208. The van der Waals surface area contributed by atoms with Crippen LogP contribution < -0.4 is 10.6 Å². The lowest BCUT2D eigenvalue weighted by Crippen LogP contribution is -2.23. The van der Waals surface area contributed by atoms with Crippen molar-refractivity contribution in [3.05, 3.63) is 53.9 Å². The van der Waals surface area contributed by atoms with Crippen molar-refractivity contribution in [1.29, 1.82) is 0 Å². The standard InChI is InChI=1S/C18H24N4O.ClH/c23-18(6-5-15-7-9-19-12-15)20-13-16-3-1-4-17(11-16)14-22-10-2-8-21-22;/h1-4,8,10-11,15,19H,5-7,9,12-14H2,(H,20,23);1H. The number of hydrogen-bond donors (Lipinski definition) is 2. The number of hydrogen-bond acceptors (Lipinski definition) is 3. The maximum atomic E-state index is 12.0. The van der Waals surface area contributed by atoms with Gasteiger partial charge in [-0.25, -0.2) is 0 Å². The number of amides is 1. The molecule has 2 N–H and O–H groups in total. The number of benzene rings is 1. The van der Waals surface area contributed by atoms with Crippen LogP contribution in [-0.2, 0) is 17.9 Å². The Hall–Kier alpha value is -1.85. The summed E-state index contributed by atoms with van der Waals surface area (Å²) in [6.07, 6.45) is 6.54. The van der Waals surface area contributed by atoms with Gasteiger partial charge in [-0.3, -0.25) is 9.48 Å². The number of rotatable bonds is 7. The third-order valence-corrected chi connectivity index (χ3v) is 4.33. The Kier molecular flexibility index (Phi) is 7.28. The van der Waals surface area contributed by atoms with Gasteiger partial charge in [-0.2, -0.15) is 5.10 Å². The van der Waals surface area contributed by atoms with Crippen LogP contribution in [-0.4, -0.2) is 28.8 Å². The number of aromatic nitrogens is 2. The second kappa shape index (κ2) is 9.45. The average Bonchev–Trinajstić information content (AvgIpc) is 3.25. The van der Waals surface area contributed by atoms with Crippen molar-refractivity contribution in [2.24, 2.45) is 5.92 Å². The summed E-state index contributed by atoms with van der Waals surface area (Å²) in [7, 11) is 0. The molecule has 1 aliphatic heterocycles. The van der Waals surface area contributed by atoms with Crippen molar-refractivity contribution in [2.45, 2.75) is 32.4 Å². The van der Waals surface area contributed by atoms with Crippen LogP contribution in [0, 0.1) is 5.92 Å². The highest BCUT2D eigenvalue weighted by atomic mass is 35.5. The first kappa shape index (κ1) is 18.5. The molecule has 2 heterocycles. The summed E-state index contributed by atoms with van der Waals surface area (Å²) in [6.45, 7) is 3.50. The van der Waals surface area contributed by atoms with E-state index < -0.39 is 0 Å². The highest BCUT2D eigenvalue weighted by Gasteiger charge is 2.15. The minimum absolute atomic E-state index is 0. The summed E-state index contributed by atoms with van der Waals surface area (Å²) in [5, 5.41) is 10.6. The summed E-state index contributed by atoms with van der Waals surface area (Å²) < 4.78 is 1.90. The number of nitrogens with one attached hydrogen (secondary N) is 2. The average molecular weight is 349 g/mol. The number of carbonyl (C=O) groups is 1. The van der Waals surface area contributed by atoms with E-state index in [9.17, 15) is 4.79 Å². The zero-order valence-corrected chi connectivity index (χ0v) is 14.6. The predicted molar refractivity (Wildman–Crippen MR) is 97.1 cm³/mol. The van der Waals surface area contributed by atoms with Crippen LogP contribution in [0.5, 0.6) is 0 Å². The fourth-order valence-electron chi connectivity index (χ4n) is 3.00. The fraction of sp³-hybridized carbons (Fsp3) is 0.444. The van der Waals surface area contributed by atoms with Gasteiger partial charge in [-0.15, -0.1) is 12.4 Å². The molecule has 0 bridgehead atoms. The molecule has 1 saturated heterocycles. The van der Waals surface area contributed by atoms with E-state index in [4.69, 9.17) is 0 Å². The van der Waals surface area contributed by atoms with Gasteiger partial charge in [-0.05, 0) is 49.0 Å². The monoisotopic (exact) mass is 348 g/mol. The van der Waals surface area contributed by atoms with E-state index in [0.717, 1.165) is 31.6 Å². The molecule has 0 aliphatic carbocycles. The first-order chi connectivity index (χ1) is 11.3. The molecular formula is C18H25ClN4O. The molecule has 0 saturated carbocycles. The largest absolute Gasteiger partial charge is 0.352 e. The molecule has 3 rings (SSSR count). The van der Waals surface area contributed by atoms with Gasteiger partial charge in [0.15, 0.2) is 0 Å². The fourth-order valence-corrected chi connectivity index (χ4v) is 3.00. The maximum Gasteiger partial charge on any atom is 0.220 e. The zero-order valence-electron chi connectivity index (χ0n) is 13.8. The molecule has 1 unspecified atom stereocenters. The SMILES string of the molecule is Cl.O=C(CCC1CCNC1)NCc1cccc(Cn2cccn2)c1. The van der Waals surface area contributed by atoms with Crippen LogP contribution >= 0.6 is 12.4 Å². The Morgan fingerprint density at radius 2 is 2.21 bits per heavy atom. The first-order valence-corrected chi connectivity index (χ1v) is 8.32. The summed E-state index contributed by atoms with van der Waals surface area (Å²) in [5.41, 5.74) is 2.32. The number of carbonyl (C=O) groups excluding carboxylic acids is 1. The number of halogens is 1. The van der Waals surface area contributed by atoms with Gasteiger partial charge in [0.05, 0.1) is 6.54 Å². The quantitative estimate of drug-likeness (QED) is 0.807. The Bertz CT molecular complexity index is 624. The van der Waals surface area contributed by atoms with E-state index >= 15 is 0 Å². The Labute approximate surface area is 149 Å². The minimum Gasteiger partial charge on any atom is -0.352 e. The van der Waals surface area contributed by atoms with Crippen molar-refractivity contribution < 1.29 is 4.79 Å². The summed E-state index contributed by atoms with van der Waals surface area (Å²) in [6, 6.07) is 10.2.